The van der Waals surface area contributed by atoms with Crippen molar-refractivity contribution >= 4 is 33.0 Å². The molecule has 3 aromatic carbocycles. The molecule has 0 saturated carbocycles. The van der Waals surface area contributed by atoms with E-state index in [-0.39, 0.29) is 5.16 Å². The van der Waals surface area contributed by atoms with Crippen LogP contribution in [0, 0.1) is 6.92 Å². The number of rotatable bonds is 6. The van der Waals surface area contributed by atoms with E-state index in [9.17, 15) is 13.2 Å². The normalized spacial score (nSPS) is 11.3. The lowest BCUT2D eigenvalue weighted by Gasteiger charge is -2.09. The number of carbonyl (C=O) groups excluding carboxylic acids is 1. The van der Waals surface area contributed by atoms with Crippen molar-refractivity contribution in [2.75, 3.05) is 11.1 Å². The lowest BCUT2D eigenvalue weighted by molar-refractivity contribution is -0.113. The van der Waals surface area contributed by atoms with Crippen molar-refractivity contribution in [1.82, 2.24) is 9.55 Å². The highest BCUT2D eigenvalue weighted by atomic mass is 35.5. The van der Waals surface area contributed by atoms with Gasteiger partial charge in [-0.15, -0.1) is 0 Å². The first-order valence-electron chi connectivity index (χ1n) is 9.82. The molecule has 1 N–H and O–H groups in total. The zero-order valence-corrected chi connectivity index (χ0v) is 18.8. The Kier molecular flexibility index (Phi) is 6.12. The van der Waals surface area contributed by atoms with Crippen molar-refractivity contribution in [3.05, 3.63) is 95.6 Å². The molecule has 0 radical (unpaired) electrons. The highest BCUT2D eigenvalue weighted by Crippen LogP contribution is 2.26. The number of amides is 1. The maximum absolute atomic E-state index is 13.2. The zero-order valence-electron chi connectivity index (χ0n) is 17.2. The fourth-order valence-corrected chi connectivity index (χ4v) is 4.56. The van der Waals surface area contributed by atoms with Gasteiger partial charge in [0.2, 0.25) is 20.9 Å². The first kappa shape index (κ1) is 21.8. The number of hydrogen-bond acceptors (Lipinski definition) is 4. The molecule has 8 heteroatoms. The van der Waals surface area contributed by atoms with Crippen molar-refractivity contribution in [3.63, 3.8) is 0 Å². The van der Waals surface area contributed by atoms with E-state index in [1.807, 2.05) is 37.3 Å². The maximum Gasteiger partial charge on any atom is 0.240 e. The molecule has 0 aliphatic heterocycles. The van der Waals surface area contributed by atoms with Crippen LogP contribution in [0.4, 0.5) is 5.69 Å². The van der Waals surface area contributed by atoms with E-state index in [1.165, 1.54) is 4.57 Å². The van der Waals surface area contributed by atoms with E-state index in [1.54, 1.807) is 54.7 Å². The van der Waals surface area contributed by atoms with Crippen LogP contribution >= 0.6 is 11.6 Å². The second kappa shape index (κ2) is 8.98. The van der Waals surface area contributed by atoms with E-state index >= 15 is 0 Å². The molecule has 1 heterocycles. The molecule has 0 aliphatic carbocycles. The molecule has 0 bridgehead atoms. The first-order chi connectivity index (χ1) is 15.3. The Morgan fingerprint density at radius 2 is 1.62 bits per heavy atom. The third-order valence-electron chi connectivity index (χ3n) is 4.78. The number of imidazole rings is 1. The molecule has 1 aromatic heterocycles. The topological polar surface area (TPSA) is 81.1 Å². The molecule has 162 valence electrons. The largest absolute Gasteiger partial charge is 0.325 e. The molecule has 0 atom stereocenters. The molecule has 0 aliphatic rings. The lowest BCUT2D eigenvalue weighted by Crippen LogP contribution is -2.24. The molecule has 0 spiro atoms. The minimum atomic E-state index is -4.06. The standard InChI is InChI=1S/C24H20ClN3O3S/c1-17-7-9-18(10-8-17)22-15-28(21-13-11-19(25)12-14-21)24(27-22)32(30,31)16-23(29)26-20-5-3-2-4-6-20/h2-15H,16H2,1H3,(H,26,29). The van der Waals surface area contributed by atoms with Crippen molar-refractivity contribution in [2.45, 2.75) is 12.1 Å². The maximum atomic E-state index is 13.2. The van der Waals surface area contributed by atoms with Gasteiger partial charge in [-0.25, -0.2) is 13.4 Å². The first-order valence-corrected chi connectivity index (χ1v) is 11.8. The summed E-state index contributed by atoms with van der Waals surface area (Å²) in [5.41, 5.74) is 3.43. The number of para-hydroxylation sites is 1. The van der Waals surface area contributed by atoms with Crippen LogP contribution in [0.2, 0.25) is 5.02 Å². The van der Waals surface area contributed by atoms with Gasteiger partial charge in [0.25, 0.3) is 0 Å². The van der Waals surface area contributed by atoms with Crippen molar-refractivity contribution in [2.24, 2.45) is 0 Å². The summed E-state index contributed by atoms with van der Waals surface area (Å²) in [5.74, 6) is -1.38. The number of hydrogen-bond donors (Lipinski definition) is 1. The molecule has 0 fully saturated rings. The number of aromatic nitrogens is 2. The van der Waals surface area contributed by atoms with Gasteiger partial charge in [0.1, 0.15) is 5.75 Å². The number of sulfone groups is 1. The fraction of sp³-hybridized carbons (Fsp3) is 0.0833. The van der Waals surface area contributed by atoms with Crippen LogP contribution in [-0.2, 0) is 14.6 Å². The minimum absolute atomic E-state index is 0.210. The van der Waals surface area contributed by atoms with Gasteiger partial charge in [0.05, 0.1) is 5.69 Å². The summed E-state index contributed by atoms with van der Waals surface area (Å²) < 4.78 is 27.9. The van der Waals surface area contributed by atoms with Crippen LogP contribution in [-0.4, -0.2) is 29.6 Å². The molecule has 4 rings (SSSR count). The number of benzene rings is 3. The SMILES string of the molecule is Cc1ccc(-c2cn(-c3ccc(Cl)cc3)c(S(=O)(=O)CC(=O)Nc3ccccc3)n2)cc1. The van der Waals surface area contributed by atoms with E-state index in [0.717, 1.165) is 11.1 Å². The van der Waals surface area contributed by atoms with Crippen LogP contribution < -0.4 is 5.32 Å². The van der Waals surface area contributed by atoms with Gasteiger partial charge in [-0.2, -0.15) is 0 Å². The number of nitrogens with one attached hydrogen (secondary N) is 1. The number of carbonyl (C=O) groups is 1. The predicted octanol–water partition coefficient (Wildman–Crippen LogP) is 4.91. The quantitative estimate of drug-likeness (QED) is 0.438. The van der Waals surface area contributed by atoms with Gasteiger partial charge in [-0.3, -0.25) is 9.36 Å². The summed E-state index contributed by atoms with van der Waals surface area (Å²) in [4.78, 5) is 16.9. The van der Waals surface area contributed by atoms with Crippen LogP contribution in [0.5, 0.6) is 0 Å². The number of aryl methyl sites for hydroxylation is 1. The van der Waals surface area contributed by atoms with Crippen LogP contribution in [0.25, 0.3) is 16.9 Å². The second-order valence-electron chi connectivity index (χ2n) is 7.29. The van der Waals surface area contributed by atoms with Crippen LogP contribution in [0.1, 0.15) is 5.56 Å². The van der Waals surface area contributed by atoms with Gasteiger partial charge in [0.15, 0.2) is 0 Å². The van der Waals surface area contributed by atoms with Crippen molar-refractivity contribution in [1.29, 1.82) is 0 Å². The second-order valence-corrected chi connectivity index (χ2v) is 9.61. The van der Waals surface area contributed by atoms with E-state index in [0.29, 0.717) is 22.1 Å². The van der Waals surface area contributed by atoms with Gasteiger partial charge in [0, 0.05) is 28.2 Å². The Labute approximate surface area is 191 Å². The third-order valence-corrected chi connectivity index (χ3v) is 6.52. The Bertz CT molecular complexity index is 1350. The van der Waals surface area contributed by atoms with Crippen molar-refractivity contribution < 1.29 is 13.2 Å². The summed E-state index contributed by atoms with van der Waals surface area (Å²) in [5, 5.41) is 2.92. The monoisotopic (exact) mass is 465 g/mol. The molecule has 6 nitrogen and oxygen atoms in total. The van der Waals surface area contributed by atoms with Crippen LogP contribution in [0.15, 0.2) is 90.2 Å². The Morgan fingerprint density at radius 3 is 2.28 bits per heavy atom. The third kappa shape index (κ3) is 4.90. The van der Waals surface area contributed by atoms with Gasteiger partial charge in [-0.1, -0.05) is 59.6 Å². The van der Waals surface area contributed by atoms with Crippen molar-refractivity contribution in [3.8, 4) is 16.9 Å². The summed E-state index contributed by atoms with van der Waals surface area (Å²) >= 11 is 5.99. The highest BCUT2D eigenvalue weighted by molar-refractivity contribution is 7.92. The molecular weight excluding hydrogens is 446 g/mol. The summed E-state index contributed by atoms with van der Waals surface area (Å²) in [7, 11) is -4.06. The van der Waals surface area contributed by atoms with Crippen LogP contribution in [0.3, 0.4) is 0 Å². The van der Waals surface area contributed by atoms with Gasteiger partial charge in [-0.05, 0) is 43.3 Å². The summed E-state index contributed by atoms with van der Waals surface area (Å²) in [6.45, 7) is 1.97. The molecular formula is C24H20ClN3O3S. The Balaban J connectivity index is 1.72. The zero-order chi connectivity index (χ0) is 22.7. The molecule has 0 unspecified atom stereocenters. The average molecular weight is 466 g/mol. The molecule has 4 aromatic rings. The molecule has 1 amide bonds. The van der Waals surface area contributed by atoms with E-state index < -0.39 is 21.5 Å². The molecule has 0 saturated heterocycles. The van der Waals surface area contributed by atoms with E-state index in [4.69, 9.17) is 11.6 Å². The number of anilines is 1. The average Bonchev–Trinajstić information content (AvgIpc) is 3.21. The molecule has 32 heavy (non-hydrogen) atoms. The smallest absolute Gasteiger partial charge is 0.240 e. The Hall–Kier alpha value is -3.42. The predicted molar refractivity (Wildman–Crippen MR) is 126 cm³/mol. The Morgan fingerprint density at radius 1 is 0.969 bits per heavy atom. The lowest BCUT2D eigenvalue weighted by atomic mass is 10.1. The minimum Gasteiger partial charge on any atom is -0.325 e. The highest BCUT2D eigenvalue weighted by Gasteiger charge is 2.27. The fourth-order valence-electron chi connectivity index (χ4n) is 3.19. The van der Waals surface area contributed by atoms with Gasteiger partial charge < -0.3 is 5.32 Å². The van der Waals surface area contributed by atoms with Gasteiger partial charge >= 0.3 is 0 Å². The summed E-state index contributed by atoms with van der Waals surface area (Å²) in [6.07, 6.45) is 1.65. The summed E-state index contributed by atoms with van der Waals surface area (Å²) in [6, 6.07) is 23.0. The van der Waals surface area contributed by atoms with E-state index in [2.05, 4.69) is 10.3 Å². The number of nitrogens with zero attached hydrogens (tertiary/aromatic N) is 2. The number of halogens is 1.